The number of carboxylic acid groups (broad SMARTS) is 1. The maximum Gasteiger partial charge on any atom is 0.347 e. The van der Waals surface area contributed by atoms with E-state index in [2.05, 4.69) is 10.3 Å². The molecular weight excluding hydrogens is 300 g/mol. The van der Waals surface area contributed by atoms with Crippen LogP contribution < -0.4 is 5.32 Å². The first kappa shape index (κ1) is 16.2. The van der Waals surface area contributed by atoms with E-state index in [0.29, 0.717) is 17.2 Å². The Morgan fingerprint density at radius 3 is 2.64 bits per heavy atom. The molecule has 0 radical (unpaired) electrons. The van der Waals surface area contributed by atoms with E-state index in [4.69, 9.17) is 0 Å². The van der Waals surface area contributed by atoms with E-state index in [9.17, 15) is 14.7 Å². The van der Waals surface area contributed by atoms with Gasteiger partial charge in [-0.1, -0.05) is 55.0 Å². The van der Waals surface area contributed by atoms with Gasteiger partial charge in [-0.3, -0.25) is 4.79 Å². The van der Waals surface area contributed by atoms with Crippen molar-refractivity contribution in [2.45, 2.75) is 32.6 Å². The number of anilines is 1. The second-order valence-corrected chi connectivity index (χ2v) is 5.91. The summed E-state index contributed by atoms with van der Waals surface area (Å²) < 4.78 is 0. The monoisotopic (exact) mass is 318 g/mol. The Bertz CT molecular complexity index is 653. The van der Waals surface area contributed by atoms with E-state index >= 15 is 0 Å². The maximum atomic E-state index is 12.0. The number of hydrogen-bond donors (Lipinski definition) is 2. The highest BCUT2D eigenvalue weighted by atomic mass is 32.1. The molecular formula is C16H18N2O3S. The smallest absolute Gasteiger partial charge is 0.347 e. The predicted molar refractivity (Wildman–Crippen MR) is 86.5 cm³/mol. The van der Waals surface area contributed by atoms with Gasteiger partial charge in [0, 0.05) is 0 Å². The molecule has 0 saturated carbocycles. The highest BCUT2D eigenvalue weighted by molar-refractivity contribution is 7.17. The van der Waals surface area contributed by atoms with Crippen molar-refractivity contribution in [3.8, 4) is 0 Å². The molecule has 2 N–H and O–H groups in total. The lowest BCUT2D eigenvalue weighted by Gasteiger charge is -2.01. The normalized spacial score (nSPS) is 10.4. The Hall–Kier alpha value is -2.21. The average molecular weight is 318 g/mol. The molecule has 1 amide bonds. The third kappa shape index (κ3) is 4.39. The highest BCUT2D eigenvalue weighted by Crippen LogP contribution is 2.24. The number of thiazole rings is 1. The van der Waals surface area contributed by atoms with Gasteiger partial charge >= 0.3 is 5.97 Å². The Balaban J connectivity index is 2.05. The lowest BCUT2D eigenvalue weighted by Crippen LogP contribution is -2.14. The maximum absolute atomic E-state index is 12.0. The number of unbranched alkanes of at least 4 members (excludes halogenated alkanes) is 1. The zero-order valence-corrected chi connectivity index (χ0v) is 13.2. The molecule has 22 heavy (non-hydrogen) atoms. The summed E-state index contributed by atoms with van der Waals surface area (Å²) in [6.07, 6.45) is 2.70. The summed E-state index contributed by atoms with van der Waals surface area (Å²) >= 11 is 1.01. The number of hydrogen-bond acceptors (Lipinski definition) is 4. The fourth-order valence-electron chi connectivity index (χ4n) is 2.03. The molecule has 0 aliphatic carbocycles. The average Bonchev–Trinajstić information content (AvgIpc) is 2.89. The standard InChI is InChI=1S/C16H18N2O3S/c1-2-3-9-12-14(15(20)21)22-16(17-12)18-13(19)10-11-7-5-4-6-8-11/h4-8H,2-3,9-10H2,1H3,(H,20,21)(H,17,18,19). The summed E-state index contributed by atoms with van der Waals surface area (Å²) in [7, 11) is 0. The summed E-state index contributed by atoms with van der Waals surface area (Å²) in [5, 5.41) is 12.2. The molecule has 0 fully saturated rings. The Morgan fingerprint density at radius 1 is 1.27 bits per heavy atom. The van der Waals surface area contributed by atoms with Gasteiger partial charge in [-0.25, -0.2) is 9.78 Å². The van der Waals surface area contributed by atoms with Gasteiger partial charge in [0.15, 0.2) is 5.13 Å². The molecule has 0 unspecified atom stereocenters. The number of nitrogens with zero attached hydrogens (tertiary/aromatic N) is 1. The number of aromatic carboxylic acids is 1. The summed E-state index contributed by atoms with van der Waals surface area (Å²) in [4.78, 5) is 27.7. The SMILES string of the molecule is CCCCc1nc(NC(=O)Cc2ccccc2)sc1C(=O)O. The van der Waals surface area contributed by atoms with Gasteiger partial charge < -0.3 is 10.4 Å². The number of carbonyl (C=O) groups excluding carboxylic acids is 1. The van der Waals surface area contributed by atoms with E-state index in [1.165, 1.54) is 0 Å². The lowest BCUT2D eigenvalue weighted by molar-refractivity contribution is -0.115. The quantitative estimate of drug-likeness (QED) is 0.820. The minimum absolute atomic E-state index is 0.195. The van der Waals surface area contributed by atoms with Crippen molar-refractivity contribution < 1.29 is 14.7 Å². The van der Waals surface area contributed by atoms with Crippen LogP contribution in [0.3, 0.4) is 0 Å². The third-order valence-electron chi connectivity index (χ3n) is 3.11. The summed E-state index contributed by atoms with van der Waals surface area (Å²) in [5.41, 5.74) is 1.45. The first-order chi connectivity index (χ1) is 10.6. The van der Waals surface area contributed by atoms with Crippen LogP contribution in [-0.2, 0) is 17.6 Å². The molecule has 0 atom stereocenters. The predicted octanol–water partition coefficient (Wildman–Crippen LogP) is 3.37. The van der Waals surface area contributed by atoms with Crippen molar-refractivity contribution in [2.24, 2.45) is 0 Å². The van der Waals surface area contributed by atoms with Gasteiger partial charge in [0.2, 0.25) is 5.91 Å². The molecule has 1 aromatic heterocycles. The lowest BCUT2D eigenvalue weighted by atomic mass is 10.1. The van der Waals surface area contributed by atoms with Crippen LogP contribution in [0.2, 0.25) is 0 Å². The number of benzene rings is 1. The Labute approximate surface area is 133 Å². The van der Waals surface area contributed by atoms with E-state index in [1.54, 1.807) is 0 Å². The molecule has 0 aliphatic heterocycles. The second kappa shape index (κ2) is 7.70. The van der Waals surface area contributed by atoms with Gasteiger partial charge in [-0.05, 0) is 18.4 Å². The van der Waals surface area contributed by atoms with Crippen LogP contribution in [0.25, 0.3) is 0 Å². The van der Waals surface area contributed by atoms with Crippen LogP contribution in [0.4, 0.5) is 5.13 Å². The molecule has 0 saturated heterocycles. The third-order valence-corrected chi connectivity index (χ3v) is 4.11. The molecule has 116 valence electrons. The number of carbonyl (C=O) groups is 2. The van der Waals surface area contributed by atoms with Gasteiger partial charge in [-0.2, -0.15) is 0 Å². The van der Waals surface area contributed by atoms with Gasteiger partial charge in [-0.15, -0.1) is 0 Å². The number of nitrogens with one attached hydrogen (secondary N) is 1. The minimum Gasteiger partial charge on any atom is -0.477 e. The van der Waals surface area contributed by atoms with Gasteiger partial charge in [0.05, 0.1) is 12.1 Å². The zero-order valence-electron chi connectivity index (χ0n) is 12.3. The molecule has 1 aromatic carbocycles. The van der Waals surface area contributed by atoms with Crippen molar-refractivity contribution >= 4 is 28.3 Å². The first-order valence-corrected chi connectivity index (χ1v) is 7.98. The number of rotatable bonds is 7. The highest BCUT2D eigenvalue weighted by Gasteiger charge is 2.18. The van der Waals surface area contributed by atoms with Crippen LogP contribution in [0, 0.1) is 0 Å². The summed E-state index contributed by atoms with van der Waals surface area (Å²) in [5.74, 6) is -1.19. The van der Waals surface area contributed by atoms with E-state index in [0.717, 1.165) is 29.7 Å². The van der Waals surface area contributed by atoms with Crippen molar-refractivity contribution in [3.05, 3.63) is 46.5 Å². The van der Waals surface area contributed by atoms with Crippen LogP contribution >= 0.6 is 11.3 Å². The Morgan fingerprint density at radius 2 is 2.00 bits per heavy atom. The molecule has 1 heterocycles. The molecule has 5 nitrogen and oxygen atoms in total. The zero-order chi connectivity index (χ0) is 15.9. The van der Waals surface area contributed by atoms with E-state index < -0.39 is 5.97 Å². The minimum atomic E-state index is -0.993. The topological polar surface area (TPSA) is 79.3 Å². The largest absolute Gasteiger partial charge is 0.477 e. The molecule has 6 heteroatoms. The fourth-order valence-corrected chi connectivity index (χ4v) is 2.90. The van der Waals surface area contributed by atoms with Crippen LogP contribution in [0.1, 0.15) is 40.7 Å². The van der Waals surface area contributed by atoms with Crippen molar-refractivity contribution in [2.75, 3.05) is 5.32 Å². The molecule has 2 aromatic rings. The van der Waals surface area contributed by atoms with Crippen LogP contribution in [-0.4, -0.2) is 22.0 Å². The second-order valence-electron chi connectivity index (χ2n) is 4.91. The molecule has 0 aliphatic rings. The molecule has 0 bridgehead atoms. The van der Waals surface area contributed by atoms with Crippen molar-refractivity contribution in [1.82, 2.24) is 4.98 Å². The van der Waals surface area contributed by atoms with Gasteiger partial charge in [0.25, 0.3) is 0 Å². The number of aromatic nitrogens is 1. The number of aryl methyl sites for hydroxylation is 1. The summed E-state index contributed by atoms with van der Waals surface area (Å²) in [6.45, 7) is 2.04. The van der Waals surface area contributed by atoms with Crippen molar-refractivity contribution in [3.63, 3.8) is 0 Å². The van der Waals surface area contributed by atoms with E-state index in [1.807, 2.05) is 37.3 Å². The van der Waals surface area contributed by atoms with Crippen molar-refractivity contribution in [1.29, 1.82) is 0 Å². The molecule has 2 rings (SSSR count). The summed E-state index contributed by atoms with van der Waals surface area (Å²) in [6, 6.07) is 9.38. The van der Waals surface area contributed by atoms with E-state index in [-0.39, 0.29) is 17.2 Å². The number of carboxylic acids is 1. The van der Waals surface area contributed by atoms with Crippen LogP contribution in [0.15, 0.2) is 30.3 Å². The van der Waals surface area contributed by atoms with Crippen LogP contribution in [0.5, 0.6) is 0 Å². The molecule has 0 spiro atoms. The Kier molecular flexibility index (Phi) is 5.66. The number of amides is 1. The van der Waals surface area contributed by atoms with Gasteiger partial charge in [0.1, 0.15) is 4.88 Å². The first-order valence-electron chi connectivity index (χ1n) is 7.17. The fraction of sp³-hybridized carbons (Fsp3) is 0.312.